The maximum Gasteiger partial charge on any atom is 0.187 e. The summed E-state index contributed by atoms with van der Waals surface area (Å²) in [6, 6.07) is 0. The highest BCUT2D eigenvalue weighted by atomic mass is 32.2. The standard InChI is InChI=1S/C17H31NO10S2/c1-3-18(4-2)17(29)30-16-13(25)11(23)14(8(6-20)27-16)28-15-12(24)10(22)9(21)7(5-19)26-15/h7-16,19-25H,3-6H2,1-2H3/t7-,8-,9-,10+,11-,12-,13-,14-,15+,16+/m1/s1. The van der Waals surface area contributed by atoms with Crippen molar-refractivity contribution in [2.75, 3.05) is 26.3 Å². The second-order valence-electron chi connectivity index (χ2n) is 7.06. The molecule has 2 aliphatic heterocycles. The Bertz CT molecular complexity index is 553. The van der Waals surface area contributed by atoms with Crippen molar-refractivity contribution in [1.29, 1.82) is 0 Å². The van der Waals surface area contributed by atoms with Crippen LogP contribution in [0.25, 0.3) is 0 Å². The molecule has 2 fully saturated rings. The van der Waals surface area contributed by atoms with Crippen molar-refractivity contribution in [3.05, 3.63) is 0 Å². The maximum atomic E-state index is 10.6. The zero-order valence-electron chi connectivity index (χ0n) is 16.7. The molecule has 7 N–H and O–H groups in total. The van der Waals surface area contributed by atoms with Gasteiger partial charge in [-0.2, -0.15) is 0 Å². The van der Waals surface area contributed by atoms with E-state index in [9.17, 15) is 35.7 Å². The largest absolute Gasteiger partial charge is 0.394 e. The molecule has 0 aromatic carbocycles. The lowest BCUT2D eigenvalue weighted by Gasteiger charge is -2.46. The van der Waals surface area contributed by atoms with Gasteiger partial charge in [0.05, 0.1) is 13.2 Å². The molecule has 0 aliphatic carbocycles. The summed E-state index contributed by atoms with van der Waals surface area (Å²) in [6.45, 7) is 3.91. The first-order valence-electron chi connectivity index (χ1n) is 9.74. The molecule has 11 nitrogen and oxygen atoms in total. The molecular formula is C17H31NO10S2. The van der Waals surface area contributed by atoms with Crippen LogP contribution in [0.1, 0.15) is 13.8 Å². The molecule has 0 aromatic rings. The zero-order chi connectivity index (χ0) is 22.6. The van der Waals surface area contributed by atoms with Crippen LogP contribution in [0.15, 0.2) is 0 Å². The van der Waals surface area contributed by atoms with Crippen LogP contribution in [0.5, 0.6) is 0 Å². The van der Waals surface area contributed by atoms with E-state index in [0.717, 1.165) is 11.8 Å². The summed E-state index contributed by atoms with van der Waals surface area (Å²) in [5.74, 6) is 0. The fourth-order valence-corrected chi connectivity index (χ4v) is 4.96. The number of thioether (sulfide) groups is 1. The Kier molecular flexibility index (Phi) is 10.1. The third-order valence-electron chi connectivity index (χ3n) is 5.20. The van der Waals surface area contributed by atoms with Crippen molar-refractivity contribution >= 4 is 28.3 Å². The van der Waals surface area contributed by atoms with Crippen LogP contribution in [-0.4, -0.2) is 132 Å². The third-order valence-corrected chi connectivity index (χ3v) is 6.83. The van der Waals surface area contributed by atoms with Crippen LogP contribution in [0.2, 0.25) is 0 Å². The molecule has 0 radical (unpaired) electrons. The lowest BCUT2D eigenvalue weighted by Crippen LogP contribution is -2.64. The van der Waals surface area contributed by atoms with E-state index in [0.29, 0.717) is 17.4 Å². The Morgan fingerprint density at radius 1 is 0.867 bits per heavy atom. The van der Waals surface area contributed by atoms with Crippen molar-refractivity contribution in [3.63, 3.8) is 0 Å². The summed E-state index contributed by atoms with van der Waals surface area (Å²) in [5, 5.41) is 70.0. The summed E-state index contributed by atoms with van der Waals surface area (Å²) in [4.78, 5) is 1.87. The van der Waals surface area contributed by atoms with E-state index in [1.54, 1.807) is 0 Å². The zero-order valence-corrected chi connectivity index (χ0v) is 18.4. The minimum absolute atomic E-state index is 0.459. The molecule has 2 aliphatic rings. The van der Waals surface area contributed by atoms with Gasteiger partial charge < -0.3 is 54.9 Å². The van der Waals surface area contributed by atoms with E-state index in [1.807, 2.05) is 18.7 Å². The SMILES string of the molecule is CCN(CC)C(=S)S[C@@H]1O[C@H](CO)[C@@H](O[C@@H]2O[C@H](CO)[C@@H](O)[C@H](O)[C@H]2O)[C@H](O)[C@H]1O. The average Bonchev–Trinajstić information content (AvgIpc) is 2.74. The van der Waals surface area contributed by atoms with Gasteiger partial charge in [0.15, 0.2) is 6.29 Å². The molecule has 0 amide bonds. The fraction of sp³-hybridized carbons (Fsp3) is 0.941. The van der Waals surface area contributed by atoms with Gasteiger partial charge in [0.2, 0.25) is 0 Å². The van der Waals surface area contributed by atoms with Gasteiger partial charge in [-0.05, 0) is 13.8 Å². The fourth-order valence-electron chi connectivity index (χ4n) is 3.31. The van der Waals surface area contributed by atoms with Crippen LogP contribution in [0.3, 0.4) is 0 Å². The summed E-state index contributed by atoms with van der Waals surface area (Å²) in [7, 11) is 0. The smallest absolute Gasteiger partial charge is 0.187 e. The second-order valence-corrected chi connectivity index (χ2v) is 8.79. The molecule has 10 atom stereocenters. The average molecular weight is 474 g/mol. The molecule has 0 spiro atoms. The van der Waals surface area contributed by atoms with Gasteiger partial charge in [-0.3, -0.25) is 0 Å². The molecular weight excluding hydrogens is 442 g/mol. The Hall–Kier alpha value is -0.160. The monoisotopic (exact) mass is 473 g/mol. The molecule has 176 valence electrons. The number of nitrogens with zero attached hydrogens (tertiary/aromatic N) is 1. The highest BCUT2D eigenvalue weighted by Gasteiger charge is 2.50. The van der Waals surface area contributed by atoms with E-state index in [2.05, 4.69) is 0 Å². The minimum Gasteiger partial charge on any atom is -0.394 e. The van der Waals surface area contributed by atoms with Crippen molar-refractivity contribution in [3.8, 4) is 0 Å². The predicted molar refractivity (Wildman–Crippen MR) is 110 cm³/mol. The summed E-state index contributed by atoms with van der Waals surface area (Å²) >= 11 is 6.38. The Balaban J connectivity index is 2.10. The number of hydrogen-bond acceptors (Lipinski definition) is 12. The van der Waals surface area contributed by atoms with Gasteiger partial charge in [-0.15, -0.1) is 0 Å². The normalized spacial score (nSPS) is 42.2. The van der Waals surface area contributed by atoms with Gasteiger partial charge in [0.1, 0.15) is 58.6 Å². The number of aliphatic hydroxyl groups excluding tert-OH is 7. The highest BCUT2D eigenvalue weighted by molar-refractivity contribution is 8.23. The van der Waals surface area contributed by atoms with E-state index in [1.165, 1.54) is 0 Å². The third kappa shape index (κ3) is 5.60. The van der Waals surface area contributed by atoms with Crippen molar-refractivity contribution in [2.45, 2.75) is 74.4 Å². The van der Waals surface area contributed by atoms with Gasteiger partial charge in [0, 0.05) is 13.1 Å². The summed E-state index contributed by atoms with van der Waals surface area (Å²) in [5.41, 5.74) is -0.972. The van der Waals surface area contributed by atoms with Crippen LogP contribution < -0.4 is 0 Å². The lowest BCUT2D eigenvalue weighted by atomic mass is 9.97. The number of rotatable bonds is 7. The Morgan fingerprint density at radius 2 is 1.47 bits per heavy atom. The number of aliphatic hydroxyl groups is 7. The van der Waals surface area contributed by atoms with Crippen LogP contribution in [0.4, 0.5) is 0 Å². The van der Waals surface area contributed by atoms with Crippen molar-refractivity contribution in [2.24, 2.45) is 0 Å². The molecule has 0 saturated carbocycles. The molecule has 0 unspecified atom stereocenters. The molecule has 0 aromatic heterocycles. The minimum atomic E-state index is -1.70. The Labute approximate surface area is 184 Å². The number of hydrogen-bond donors (Lipinski definition) is 7. The summed E-state index contributed by atoms with van der Waals surface area (Å²) in [6.07, 6.45) is -13.1. The van der Waals surface area contributed by atoms with Gasteiger partial charge in [-0.25, -0.2) is 0 Å². The number of thiocarbonyl (C=S) groups is 1. The first kappa shape index (κ1) is 26.1. The van der Waals surface area contributed by atoms with E-state index >= 15 is 0 Å². The summed E-state index contributed by atoms with van der Waals surface area (Å²) < 4.78 is 16.9. The van der Waals surface area contributed by atoms with Crippen LogP contribution in [-0.2, 0) is 14.2 Å². The topological polar surface area (TPSA) is 173 Å². The first-order chi connectivity index (χ1) is 14.2. The molecule has 0 bridgehead atoms. The van der Waals surface area contributed by atoms with Crippen molar-refractivity contribution < 1.29 is 50.0 Å². The van der Waals surface area contributed by atoms with Crippen LogP contribution >= 0.6 is 24.0 Å². The van der Waals surface area contributed by atoms with Crippen molar-refractivity contribution in [1.82, 2.24) is 4.90 Å². The molecule has 2 saturated heterocycles. The maximum absolute atomic E-state index is 10.6. The first-order valence-corrected chi connectivity index (χ1v) is 11.0. The predicted octanol–water partition coefficient (Wildman–Crippen LogP) is -3.03. The van der Waals surface area contributed by atoms with E-state index in [-0.39, 0.29) is 0 Å². The quantitative estimate of drug-likeness (QED) is 0.186. The molecule has 13 heteroatoms. The Morgan fingerprint density at radius 3 is 2.00 bits per heavy atom. The molecule has 2 rings (SSSR count). The number of ether oxygens (including phenoxy) is 3. The van der Waals surface area contributed by atoms with Gasteiger partial charge in [0.25, 0.3) is 0 Å². The van der Waals surface area contributed by atoms with E-state index < -0.39 is 73.8 Å². The highest BCUT2D eigenvalue weighted by Crippen LogP contribution is 2.33. The molecule has 30 heavy (non-hydrogen) atoms. The molecule has 2 heterocycles. The van der Waals surface area contributed by atoms with E-state index in [4.69, 9.17) is 26.4 Å². The second kappa shape index (κ2) is 11.6. The van der Waals surface area contributed by atoms with Crippen LogP contribution in [0, 0.1) is 0 Å². The lowest BCUT2D eigenvalue weighted by molar-refractivity contribution is -0.338. The van der Waals surface area contributed by atoms with Gasteiger partial charge >= 0.3 is 0 Å². The van der Waals surface area contributed by atoms with Gasteiger partial charge in [-0.1, -0.05) is 24.0 Å².